The van der Waals surface area contributed by atoms with E-state index >= 15 is 0 Å². The Morgan fingerprint density at radius 3 is 0.909 bits per heavy atom. The molecule has 436 valence electrons. The molecule has 0 bridgehead atoms. The van der Waals surface area contributed by atoms with Crippen LogP contribution in [-0.4, -0.2) is 37.2 Å². The molecule has 0 aromatic rings. The molecule has 6 heteroatoms. The van der Waals surface area contributed by atoms with Gasteiger partial charge in [-0.15, -0.1) is 0 Å². The summed E-state index contributed by atoms with van der Waals surface area (Å²) in [7, 11) is 0. The van der Waals surface area contributed by atoms with Crippen LogP contribution in [0.5, 0.6) is 0 Å². The minimum Gasteiger partial charge on any atom is -0.462 e. The van der Waals surface area contributed by atoms with Gasteiger partial charge in [-0.1, -0.05) is 276 Å². The molecule has 1 atom stereocenters. The van der Waals surface area contributed by atoms with Crippen LogP contribution in [0.1, 0.15) is 278 Å². The van der Waals surface area contributed by atoms with Gasteiger partial charge in [-0.05, 0) is 116 Å². The van der Waals surface area contributed by atoms with Crippen molar-refractivity contribution in [1.29, 1.82) is 0 Å². The van der Waals surface area contributed by atoms with E-state index in [-0.39, 0.29) is 31.6 Å². The molecule has 0 saturated heterocycles. The van der Waals surface area contributed by atoms with E-state index in [2.05, 4.69) is 142 Å². The van der Waals surface area contributed by atoms with E-state index in [9.17, 15) is 14.4 Å². The molecule has 0 aliphatic rings. The van der Waals surface area contributed by atoms with E-state index < -0.39 is 12.1 Å². The summed E-state index contributed by atoms with van der Waals surface area (Å²) in [5.41, 5.74) is 0. The summed E-state index contributed by atoms with van der Waals surface area (Å²) in [5, 5.41) is 0. The minimum atomic E-state index is -0.829. The zero-order valence-corrected chi connectivity index (χ0v) is 49.9. The number of carbonyl (C=O) groups excluding carboxylic acids is 3. The van der Waals surface area contributed by atoms with Crippen molar-refractivity contribution >= 4 is 17.9 Å². The molecule has 6 nitrogen and oxygen atoms in total. The maximum absolute atomic E-state index is 12.9. The van der Waals surface area contributed by atoms with Gasteiger partial charge in [-0.25, -0.2) is 0 Å². The van der Waals surface area contributed by atoms with Crippen molar-refractivity contribution in [3.63, 3.8) is 0 Å². The molecule has 77 heavy (non-hydrogen) atoms. The minimum absolute atomic E-state index is 0.116. The smallest absolute Gasteiger partial charge is 0.309 e. The summed E-state index contributed by atoms with van der Waals surface area (Å²) in [5.74, 6) is -1.06. The number of ether oxygens (including phenoxy) is 3. The first-order valence-corrected chi connectivity index (χ1v) is 31.7. The first-order chi connectivity index (χ1) is 38.0. The Bertz CT molecular complexity index is 1650. The summed E-state index contributed by atoms with van der Waals surface area (Å²) < 4.78 is 16.8. The average molecular weight is 1070 g/mol. The fourth-order valence-electron chi connectivity index (χ4n) is 8.48. The van der Waals surface area contributed by atoms with Crippen molar-refractivity contribution in [2.45, 2.75) is 284 Å². The van der Waals surface area contributed by atoms with E-state index in [0.29, 0.717) is 12.8 Å². The molecule has 0 aliphatic carbocycles. The van der Waals surface area contributed by atoms with E-state index in [1.54, 1.807) is 6.08 Å². The highest BCUT2D eigenvalue weighted by Gasteiger charge is 2.19. The monoisotopic (exact) mass is 1060 g/mol. The number of allylic oxidation sites excluding steroid dienone is 21. The van der Waals surface area contributed by atoms with Crippen LogP contribution in [0.4, 0.5) is 0 Å². The highest BCUT2D eigenvalue weighted by molar-refractivity contribution is 5.72. The first-order valence-electron chi connectivity index (χ1n) is 31.7. The molecule has 0 aromatic carbocycles. The molecule has 0 radical (unpaired) electrons. The lowest BCUT2D eigenvalue weighted by Crippen LogP contribution is -2.30. The summed E-state index contributed by atoms with van der Waals surface area (Å²) >= 11 is 0. The van der Waals surface area contributed by atoms with Crippen molar-refractivity contribution in [3.05, 3.63) is 134 Å². The SMILES string of the molecule is CC/C=C\C/C=C\C/C=C\C/C=C\C/C=C\CC(=O)OCC(COC(=O)CCCCCCCCCCCCC/C=C\C/C=C\CCCCCCC)OC(=O)CCCCCCCCCC/C=C\C/C=C\C/C=C\C/C=C\CC. The van der Waals surface area contributed by atoms with Crippen molar-refractivity contribution in [3.8, 4) is 0 Å². The summed E-state index contributed by atoms with van der Waals surface area (Å²) in [6.45, 7) is 6.32. The topological polar surface area (TPSA) is 78.9 Å². The van der Waals surface area contributed by atoms with Crippen molar-refractivity contribution in [2.24, 2.45) is 0 Å². The average Bonchev–Trinajstić information content (AvgIpc) is 3.43. The Labute approximate surface area is 475 Å². The zero-order chi connectivity index (χ0) is 55.7. The quantitative estimate of drug-likeness (QED) is 0.0261. The second-order valence-corrected chi connectivity index (χ2v) is 20.6. The maximum Gasteiger partial charge on any atom is 0.309 e. The second kappa shape index (κ2) is 64.1. The van der Waals surface area contributed by atoms with Gasteiger partial charge in [-0.3, -0.25) is 14.4 Å². The van der Waals surface area contributed by atoms with Crippen molar-refractivity contribution in [2.75, 3.05) is 13.2 Å². The summed E-state index contributed by atoms with van der Waals surface area (Å²) in [6.07, 6.45) is 90.5. The molecule has 0 spiro atoms. The van der Waals surface area contributed by atoms with Gasteiger partial charge in [0.1, 0.15) is 13.2 Å². The number of carbonyl (C=O) groups is 3. The molecule has 0 N–H and O–H groups in total. The van der Waals surface area contributed by atoms with Crippen LogP contribution in [0.15, 0.2) is 134 Å². The van der Waals surface area contributed by atoms with Gasteiger partial charge < -0.3 is 14.2 Å². The van der Waals surface area contributed by atoms with Gasteiger partial charge in [-0.2, -0.15) is 0 Å². The molecule has 0 amide bonds. The van der Waals surface area contributed by atoms with Crippen LogP contribution in [0.2, 0.25) is 0 Å². The van der Waals surface area contributed by atoms with Gasteiger partial charge >= 0.3 is 17.9 Å². The number of rotatable bonds is 56. The Morgan fingerprint density at radius 2 is 0.558 bits per heavy atom. The molecule has 1 unspecified atom stereocenters. The third kappa shape index (κ3) is 62.3. The summed E-state index contributed by atoms with van der Waals surface area (Å²) in [6, 6.07) is 0. The molecular formula is C71H116O6. The van der Waals surface area contributed by atoms with Gasteiger partial charge in [0.15, 0.2) is 6.10 Å². The molecule has 0 heterocycles. The number of hydrogen-bond donors (Lipinski definition) is 0. The third-order valence-corrected chi connectivity index (χ3v) is 13.2. The van der Waals surface area contributed by atoms with Crippen molar-refractivity contribution in [1.82, 2.24) is 0 Å². The first kappa shape index (κ1) is 72.5. The van der Waals surface area contributed by atoms with E-state index in [1.807, 2.05) is 6.08 Å². The Kier molecular flexibility index (Phi) is 60.4. The maximum atomic E-state index is 12.9. The molecule has 0 aromatic heterocycles. The third-order valence-electron chi connectivity index (χ3n) is 13.2. The van der Waals surface area contributed by atoms with E-state index in [4.69, 9.17) is 14.2 Å². The van der Waals surface area contributed by atoms with Crippen LogP contribution in [0.3, 0.4) is 0 Å². The van der Waals surface area contributed by atoms with Gasteiger partial charge in [0.25, 0.3) is 0 Å². The summed E-state index contributed by atoms with van der Waals surface area (Å²) in [4.78, 5) is 38.3. The molecule has 0 aliphatic heterocycles. The standard InChI is InChI=1S/C71H116O6/c1-4-7-10-13-16-19-22-25-28-30-32-34-35-37-38-40-43-46-49-52-55-58-61-64-70(73)76-67-68(66-75-69(72)63-60-57-54-51-48-45-42-27-24-21-18-15-12-9-6-3)77-71(74)65-62-59-56-53-50-47-44-41-39-36-33-31-29-26-23-20-17-14-11-8-5-2/h8-9,11-12,17-18,20-22,25-27,29-30,32-33,36,42,48,51,57,60,68H,4-7,10,13-16,19,23-24,28,31,34-35,37-41,43-47,49-50,52-56,58-59,61-67H2,1-3H3/b11-8-,12-9-,20-17-,21-18-,25-22-,29-26-,32-30-,36-33-,42-27-,51-48-,60-57-. The Morgan fingerprint density at radius 1 is 0.286 bits per heavy atom. The van der Waals surface area contributed by atoms with Crippen LogP contribution < -0.4 is 0 Å². The lowest BCUT2D eigenvalue weighted by atomic mass is 10.0. The number of hydrogen-bond acceptors (Lipinski definition) is 6. The van der Waals surface area contributed by atoms with Crippen LogP contribution in [0.25, 0.3) is 0 Å². The van der Waals surface area contributed by atoms with Crippen LogP contribution >= 0.6 is 0 Å². The van der Waals surface area contributed by atoms with Crippen LogP contribution in [0, 0.1) is 0 Å². The predicted octanol–water partition coefficient (Wildman–Crippen LogP) is 21.8. The largest absolute Gasteiger partial charge is 0.462 e. The van der Waals surface area contributed by atoms with E-state index in [0.717, 1.165) is 109 Å². The normalized spacial score (nSPS) is 13.0. The predicted molar refractivity (Wildman–Crippen MR) is 334 cm³/mol. The fraction of sp³-hybridized carbons (Fsp3) is 0.648. The highest BCUT2D eigenvalue weighted by atomic mass is 16.6. The Balaban J connectivity index is 4.46. The molecule has 0 fully saturated rings. The zero-order valence-electron chi connectivity index (χ0n) is 49.9. The molecule has 0 rings (SSSR count). The fourth-order valence-corrected chi connectivity index (χ4v) is 8.48. The lowest BCUT2D eigenvalue weighted by molar-refractivity contribution is -0.166. The number of unbranched alkanes of at least 4 members (excludes halogenated alkanes) is 24. The highest BCUT2D eigenvalue weighted by Crippen LogP contribution is 2.15. The van der Waals surface area contributed by atoms with Gasteiger partial charge in [0.2, 0.25) is 0 Å². The van der Waals surface area contributed by atoms with Gasteiger partial charge in [0, 0.05) is 12.8 Å². The molecule has 0 saturated carbocycles. The molecular weight excluding hydrogens is 949 g/mol. The van der Waals surface area contributed by atoms with Crippen molar-refractivity contribution < 1.29 is 28.6 Å². The number of esters is 3. The second-order valence-electron chi connectivity index (χ2n) is 20.6. The van der Waals surface area contributed by atoms with E-state index in [1.165, 1.54) is 128 Å². The van der Waals surface area contributed by atoms with Crippen LogP contribution in [-0.2, 0) is 28.6 Å². The lowest BCUT2D eigenvalue weighted by Gasteiger charge is -2.18. The Hall–Kier alpha value is -4.45. The van der Waals surface area contributed by atoms with Gasteiger partial charge in [0.05, 0.1) is 6.42 Å².